The first-order chi connectivity index (χ1) is 29.9. The van der Waals surface area contributed by atoms with Crippen molar-refractivity contribution in [2.45, 2.75) is 284 Å². The van der Waals surface area contributed by atoms with Gasteiger partial charge in [-0.25, -0.2) is 0 Å². The summed E-state index contributed by atoms with van der Waals surface area (Å²) in [5, 5.41) is 0. The Morgan fingerprint density at radius 1 is 0.508 bits per heavy atom. The number of hydrogen-bond acceptors (Lipinski definition) is 7. The van der Waals surface area contributed by atoms with Gasteiger partial charge in [0.1, 0.15) is 0 Å². The van der Waals surface area contributed by atoms with Gasteiger partial charge in [0.2, 0.25) is 0 Å². The van der Waals surface area contributed by atoms with E-state index in [2.05, 4.69) is 32.6 Å². The summed E-state index contributed by atoms with van der Waals surface area (Å²) in [6.07, 6.45) is 45.1. The number of unbranched alkanes of at least 4 members (excludes halogenated alkanes) is 22. The Kier molecular flexibility index (Phi) is 36.0. The molecule has 7 nitrogen and oxygen atoms in total. The Morgan fingerprint density at radius 2 is 0.869 bits per heavy atom. The number of likely N-dealkylation sites (tertiary alicyclic amines) is 1. The Balaban J connectivity index is 1.55. The molecule has 7 heteroatoms. The summed E-state index contributed by atoms with van der Waals surface area (Å²) in [5.41, 5.74) is 0. The summed E-state index contributed by atoms with van der Waals surface area (Å²) < 4.78 is 24.7. The number of hydrogen-bond donors (Lipinski definition) is 0. The average Bonchev–Trinajstić information content (AvgIpc) is 3.92. The first-order valence-corrected chi connectivity index (χ1v) is 27.3. The standard InChI is InChI=1S/C54H103NO6/c1-5-9-25-35-49(36-26-10-6-2)45-52(56)58-43-33-23-19-15-13-17-21-29-39-54(60-48-51(61-54)47-55-41-31-32-42-55)40-30-22-18-14-16-20-24-34-44-59-53(57)46-50(37-27-11-7-3)38-28-12-8-4/h49-51H,5-48H2,1-4H3. The minimum Gasteiger partial charge on any atom is -0.466 e. The largest absolute Gasteiger partial charge is 0.466 e. The molecule has 2 fully saturated rings. The molecule has 2 aliphatic rings. The van der Waals surface area contributed by atoms with Crippen molar-refractivity contribution in [3.63, 3.8) is 0 Å². The quantitative estimate of drug-likeness (QED) is 0.0446. The predicted molar refractivity (Wildman–Crippen MR) is 257 cm³/mol. The average molecular weight is 862 g/mol. The number of rotatable bonds is 44. The van der Waals surface area contributed by atoms with Crippen molar-refractivity contribution in [3.8, 4) is 0 Å². The molecule has 0 saturated carbocycles. The third-order valence-electron chi connectivity index (χ3n) is 13.8. The van der Waals surface area contributed by atoms with Crippen LogP contribution in [-0.4, -0.2) is 68.2 Å². The van der Waals surface area contributed by atoms with E-state index in [-0.39, 0.29) is 23.8 Å². The van der Waals surface area contributed by atoms with Gasteiger partial charge in [0, 0.05) is 32.2 Å². The zero-order chi connectivity index (χ0) is 43.9. The van der Waals surface area contributed by atoms with Crippen molar-refractivity contribution < 1.29 is 28.5 Å². The number of esters is 2. The minimum atomic E-state index is -0.380. The third-order valence-corrected chi connectivity index (χ3v) is 13.8. The molecule has 0 bridgehead atoms. The molecule has 2 rings (SSSR count). The van der Waals surface area contributed by atoms with Crippen molar-refractivity contribution in [2.24, 2.45) is 11.8 Å². The lowest BCUT2D eigenvalue weighted by atomic mass is 9.92. The van der Waals surface area contributed by atoms with E-state index >= 15 is 0 Å². The number of carbonyl (C=O) groups is 2. The number of nitrogens with zero attached hydrogens (tertiary/aromatic N) is 1. The van der Waals surface area contributed by atoms with E-state index in [0.29, 0.717) is 37.9 Å². The lowest BCUT2D eigenvalue weighted by Gasteiger charge is -2.29. The predicted octanol–water partition coefficient (Wildman–Crippen LogP) is 15.6. The summed E-state index contributed by atoms with van der Waals surface area (Å²) in [7, 11) is 0. The van der Waals surface area contributed by atoms with Gasteiger partial charge in [-0.3, -0.25) is 9.59 Å². The lowest BCUT2D eigenvalue weighted by Crippen LogP contribution is -2.35. The van der Waals surface area contributed by atoms with Gasteiger partial charge >= 0.3 is 11.9 Å². The molecule has 1 unspecified atom stereocenters. The summed E-state index contributed by atoms with van der Waals surface area (Å²) in [6.45, 7) is 14.4. The van der Waals surface area contributed by atoms with E-state index in [1.807, 2.05) is 0 Å². The van der Waals surface area contributed by atoms with Crippen LogP contribution in [0.3, 0.4) is 0 Å². The van der Waals surface area contributed by atoms with Gasteiger partial charge in [-0.15, -0.1) is 0 Å². The molecule has 2 aliphatic heterocycles. The van der Waals surface area contributed by atoms with Crippen LogP contribution >= 0.6 is 0 Å². The van der Waals surface area contributed by atoms with Crippen LogP contribution in [-0.2, 0) is 28.5 Å². The Bertz CT molecular complexity index is 920. The van der Waals surface area contributed by atoms with Crippen LogP contribution in [0.25, 0.3) is 0 Å². The van der Waals surface area contributed by atoms with Gasteiger partial charge < -0.3 is 23.8 Å². The summed E-state index contributed by atoms with van der Waals surface area (Å²) in [6, 6.07) is 0. The maximum atomic E-state index is 12.5. The molecule has 0 aromatic heterocycles. The van der Waals surface area contributed by atoms with Crippen LogP contribution in [0, 0.1) is 11.8 Å². The van der Waals surface area contributed by atoms with Gasteiger partial charge in [0.15, 0.2) is 5.79 Å². The summed E-state index contributed by atoms with van der Waals surface area (Å²) in [4.78, 5) is 27.7. The van der Waals surface area contributed by atoms with Gasteiger partial charge in [-0.05, 0) is 89.1 Å². The second kappa shape index (κ2) is 39.2. The highest BCUT2D eigenvalue weighted by Crippen LogP contribution is 2.35. The molecule has 2 heterocycles. The normalized spacial score (nSPS) is 16.7. The SMILES string of the molecule is CCCCCC(CCCCC)CC(=O)OCCCCCCCCCCC1(CCCCCCCCCCOC(=O)CC(CCCCC)CCCCC)OCC(CN2CCCC2)O1. The highest BCUT2D eigenvalue weighted by molar-refractivity contribution is 5.70. The van der Waals surface area contributed by atoms with Gasteiger partial charge in [0.25, 0.3) is 0 Å². The van der Waals surface area contributed by atoms with Crippen LogP contribution in [0.2, 0.25) is 0 Å². The van der Waals surface area contributed by atoms with Crippen molar-refractivity contribution in [1.82, 2.24) is 4.90 Å². The van der Waals surface area contributed by atoms with Crippen LogP contribution in [0.4, 0.5) is 0 Å². The molecule has 0 amide bonds. The highest BCUT2D eigenvalue weighted by atomic mass is 16.7. The van der Waals surface area contributed by atoms with E-state index in [0.717, 1.165) is 51.7 Å². The zero-order valence-corrected chi connectivity index (χ0v) is 41.2. The Morgan fingerprint density at radius 3 is 1.25 bits per heavy atom. The van der Waals surface area contributed by atoms with Crippen molar-refractivity contribution in [3.05, 3.63) is 0 Å². The molecule has 2 saturated heterocycles. The van der Waals surface area contributed by atoms with Crippen LogP contribution < -0.4 is 0 Å². The number of ether oxygens (including phenoxy) is 4. The second-order valence-electron chi connectivity index (χ2n) is 19.7. The lowest BCUT2D eigenvalue weighted by molar-refractivity contribution is -0.180. The van der Waals surface area contributed by atoms with E-state index in [9.17, 15) is 9.59 Å². The third kappa shape index (κ3) is 30.6. The molecule has 0 spiro atoms. The van der Waals surface area contributed by atoms with Crippen LogP contribution in [0.5, 0.6) is 0 Å². The first kappa shape index (κ1) is 56.0. The van der Waals surface area contributed by atoms with Crippen molar-refractivity contribution in [1.29, 1.82) is 0 Å². The molecule has 61 heavy (non-hydrogen) atoms. The molecule has 360 valence electrons. The van der Waals surface area contributed by atoms with Gasteiger partial charge in [0.05, 0.1) is 25.9 Å². The Labute approximate surface area is 379 Å². The van der Waals surface area contributed by atoms with E-state index in [1.54, 1.807) is 0 Å². The molecular formula is C54H103NO6. The fourth-order valence-corrected chi connectivity index (χ4v) is 9.85. The maximum absolute atomic E-state index is 12.5. The van der Waals surface area contributed by atoms with Crippen LogP contribution in [0.15, 0.2) is 0 Å². The zero-order valence-electron chi connectivity index (χ0n) is 41.2. The number of carbonyl (C=O) groups excluding carboxylic acids is 2. The minimum absolute atomic E-state index is 0.0292. The van der Waals surface area contributed by atoms with Crippen molar-refractivity contribution >= 4 is 11.9 Å². The maximum Gasteiger partial charge on any atom is 0.306 e. The monoisotopic (exact) mass is 862 g/mol. The second-order valence-corrected chi connectivity index (χ2v) is 19.7. The van der Waals surface area contributed by atoms with Gasteiger partial charge in [-0.2, -0.15) is 0 Å². The van der Waals surface area contributed by atoms with E-state index in [4.69, 9.17) is 18.9 Å². The molecule has 0 N–H and O–H groups in total. The molecule has 1 atom stereocenters. The van der Waals surface area contributed by atoms with Crippen LogP contribution in [0.1, 0.15) is 272 Å². The molecule has 0 aromatic carbocycles. The highest BCUT2D eigenvalue weighted by Gasteiger charge is 2.41. The summed E-state index contributed by atoms with van der Waals surface area (Å²) >= 11 is 0. The smallest absolute Gasteiger partial charge is 0.306 e. The van der Waals surface area contributed by atoms with E-state index in [1.165, 1.54) is 206 Å². The summed E-state index contributed by atoms with van der Waals surface area (Å²) in [5.74, 6) is 0.697. The molecule has 0 aromatic rings. The fraction of sp³-hybridized carbons (Fsp3) is 0.963. The molecule has 0 radical (unpaired) electrons. The van der Waals surface area contributed by atoms with Crippen molar-refractivity contribution in [2.75, 3.05) is 39.5 Å². The fourth-order valence-electron chi connectivity index (χ4n) is 9.85. The van der Waals surface area contributed by atoms with Gasteiger partial charge in [-0.1, -0.05) is 182 Å². The van der Waals surface area contributed by atoms with E-state index < -0.39 is 0 Å². The molecule has 0 aliphatic carbocycles. The first-order valence-electron chi connectivity index (χ1n) is 27.3. The Hall–Kier alpha value is -1.18. The molecular weight excluding hydrogens is 759 g/mol. The topological polar surface area (TPSA) is 74.3 Å².